The van der Waals surface area contributed by atoms with Crippen molar-refractivity contribution in [1.29, 1.82) is 0 Å². The highest BCUT2D eigenvalue weighted by Gasteiger charge is 2.40. The van der Waals surface area contributed by atoms with Crippen molar-refractivity contribution < 1.29 is 0 Å². The molecule has 0 atom stereocenters. The molecule has 0 aliphatic carbocycles. The van der Waals surface area contributed by atoms with Crippen molar-refractivity contribution >= 4 is 105 Å². The number of rotatable bonds is 80. The Morgan fingerprint density at radius 2 is 0.197 bits per heavy atom. The number of nitrogens with zero attached hydrogens (tertiary/aromatic N) is 8. The standard InChI is InChI=1S/C96H228N8Si13/c1-97(2)57-37-65-105(17,18)73-45-81-113(33,82-46-74-106(19,20)66-38-58-98(3)4)89-53-93-117(94-54-90-114(34,83-47-75-107(21,22)67-39-59-99(5)6)84-48-76-108(23,24)68-40-60-100(7)8,95-55-91-115(35,85-49-77-109(25,26)69-41-61-101(9)10)86-50-78-110(27,28)70-42-62-102(11)12)96-56-92-116(36,87-51-79-111(29,30)71-43-63-103(13)14)88-52-80-112(31,32)72-44-64-104(15)16/h37-96H2,1-36H3. The van der Waals surface area contributed by atoms with Gasteiger partial charge in [0.05, 0.1) is 40.4 Å². The monoisotopic (exact) mass is 1860 g/mol. The first-order valence-corrected chi connectivity index (χ1v) is 93.6. The highest BCUT2D eigenvalue weighted by atomic mass is 28.4. The van der Waals surface area contributed by atoms with Crippen LogP contribution in [0.25, 0.3) is 0 Å². The molecule has 0 heterocycles. The zero-order valence-corrected chi connectivity index (χ0v) is 102. The fourth-order valence-corrected chi connectivity index (χ4v) is 66.6. The molecule has 0 aromatic heterocycles. The predicted molar refractivity (Wildman–Crippen MR) is 587 cm³/mol. The maximum absolute atomic E-state index is 3.05. The van der Waals surface area contributed by atoms with E-state index in [0.29, 0.717) is 0 Å². The minimum absolute atomic E-state index is 1.26. The van der Waals surface area contributed by atoms with Gasteiger partial charge in [0.25, 0.3) is 0 Å². The summed E-state index contributed by atoms with van der Waals surface area (Å²) in [6, 6.07) is 51.3. The minimum atomic E-state index is -1.77. The van der Waals surface area contributed by atoms with Gasteiger partial charge in [-0.15, -0.1) is 0 Å². The Bertz CT molecular complexity index is 1970. The van der Waals surface area contributed by atoms with Gasteiger partial charge in [0.15, 0.2) is 0 Å². The van der Waals surface area contributed by atoms with E-state index in [2.05, 4.69) is 283 Å². The van der Waals surface area contributed by atoms with Crippen LogP contribution in [-0.4, -0.2) is 309 Å². The number of hydrogen-bond donors (Lipinski definition) is 0. The third-order valence-electron chi connectivity index (χ3n) is 30.7. The molecule has 0 fully saturated rings. The van der Waals surface area contributed by atoms with E-state index in [4.69, 9.17) is 0 Å². The summed E-state index contributed by atoms with van der Waals surface area (Å²) >= 11 is 0. The van der Waals surface area contributed by atoms with Crippen molar-refractivity contribution in [3.05, 3.63) is 0 Å². The van der Waals surface area contributed by atoms with Gasteiger partial charge < -0.3 is 39.2 Å². The van der Waals surface area contributed by atoms with Gasteiger partial charge in [0.2, 0.25) is 0 Å². The van der Waals surface area contributed by atoms with Crippen LogP contribution in [0.4, 0.5) is 0 Å². The second-order valence-corrected chi connectivity index (χ2v) is 120. The molecule has 0 aliphatic rings. The Labute approximate surface area is 755 Å². The normalized spacial score (nSPS) is 14.3. The van der Waals surface area contributed by atoms with Crippen LogP contribution < -0.4 is 0 Å². The van der Waals surface area contributed by atoms with Crippen molar-refractivity contribution in [2.24, 2.45) is 0 Å². The molecule has 0 spiro atoms. The highest BCUT2D eigenvalue weighted by Crippen LogP contribution is 2.44. The van der Waals surface area contributed by atoms with E-state index in [0.717, 1.165) is 0 Å². The van der Waals surface area contributed by atoms with E-state index in [1.165, 1.54) is 152 Å². The topological polar surface area (TPSA) is 25.9 Å². The van der Waals surface area contributed by atoms with Gasteiger partial charge in [-0.3, -0.25) is 0 Å². The fourth-order valence-electron chi connectivity index (χ4n) is 21.8. The summed E-state index contributed by atoms with van der Waals surface area (Å²) in [4.78, 5) is 19.6. The summed E-state index contributed by atoms with van der Waals surface area (Å²) in [6.07, 6.45) is 30.1. The van der Waals surface area contributed by atoms with Crippen molar-refractivity contribution in [1.82, 2.24) is 39.2 Å². The van der Waals surface area contributed by atoms with E-state index in [1.807, 2.05) is 0 Å². The van der Waals surface area contributed by atoms with Crippen LogP contribution in [0.3, 0.4) is 0 Å². The fraction of sp³-hybridized carbons (Fsp3) is 1.00. The molecule has 0 rings (SSSR count). The Morgan fingerprint density at radius 1 is 0.111 bits per heavy atom. The van der Waals surface area contributed by atoms with Crippen molar-refractivity contribution in [3.63, 3.8) is 0 Å². The van der Waals surface area contributed by atoms with Crippen LogP contribution in [0, 0.1) is 0 Å². The lowest BCUT2D eigenvalue weighted by molar-refractivity contribution is 0.407. The zero-order chi connectivity index (χ0) is 89.5. The summed E-state index contributed by atoms with van der Waals surface area (Å²) in [6.45, 7) is 67.1. The van der Waals surface area contributed by atoms with E-state index >= 15 is 0 Å². The molecule has 0 aromatic carbocycles. The predicted octanol–water partition coefficient (Wildman–Crippen LogP) is 29.7. The van der Waals surface area contributed by atoms with E-state index < -0.39 is 105 Å². The Hall–Kier alpha value is 2.50. The summed E-state index contributed by atoms with van der Waals surface area (Å²) in [5.41, 5.74) is 0. The van der Waals surface area contributed by atoms with Gasteiger partial charge in [-0.2, -0.15) is 0 Å². The van der Waals surface area contributed by atoms with Crippen molar-refractivity contribution in [2.75, 3.05) is 165 Å². The molecule has 0 saturated heterocycles. The van der Waals surface area contributed by atoms with Gasteiger partial charge in [0, 0.05) is 64.6 Å². The second-order valence-electron chi connectivity index (χ2n) is 51.6. The van der Waals surface area contributed by atoms with E-state index in [1.54, 1.807) is 222 Å². The van der Waals surface area contributed by atoms with Crippen LogP contribution in [0.1, 0.15) is 128 Å². The van der Waals surface area contributed by atoms with Crippen LogP contribution in [-0.2, 0) is 0 Å². The van der Waals surface area contributed by atoms with E-state index in [-0.39, 0.29) is 0 Å². The van der Waals surface area contributed by atoms with Gasteiger partial charge in [0.1, 0.15) is 0 Å². The second kappa shape index (κ2) is 60.5. The number of hydrogen-bond acceptors (Lipinski definition) is 8. The molecule has 117 heavy (non-hydrogen) atoms. The first-order valence-electron chi connectivity index (χ1n) is 51.0. The maximum atomic E-state index is 3.05. The van der Waals surface area contributed by atoms with Crippen LogP contribution in [0.5, 0.6) is 0 Å². The Kier molecular flexibility index (Phi) is 61.8. The Morgan fingerprint density at radius 3 is 0.291 bits per heavy atom. The van der Waals surface area contributed by atoms with Crippen LogP contribution in [0.15, 0.2) is 0 Å². The van der Waals surface area contributed by atoms with Crippen LogP contribution >= 0.6 is 0 Å². The van der Waals surface area contributed by atoms with Gasteiger partial charge in [-0.05, 0) is 216 Å². The lowest BCUT2D eigenvalue weighted by Gasteiger charge is -2.39. The largest absolute Gasteiger partial charge is 0.309 e. The third-order valence-corrected chi connectivity index (χ3v) is 82.4. The quantitative estimate of drug-likeness (QED) is 0.0556. The summed E-state index contributed by atoms with van der Waals surface area (Å²) < 4.78 is 0. The van der Waals surface area contributed by atoms with Gasteiger partial charge in [-0.1, -0.05) is 401 Å². The van der Waals surface area contributed by atoms with Crippen molar-refractivity contribution in [2.45, 2.75) is 453 Å². The van der Waals surface area contributed by atoms with Crippen molar-refractivity contribution in [3.8, 4) is 0 Å². The summed E-state index contributed by atoms with van der Waals surface area (Å²) in [5, 5.41) is 0. The summed E-state index contributed by atoms with van der Waals surface area (Å²) in [7, 11) is 19.0. The molecular weight excluding hydrogens is 1630 g/mol. The smallest absolute Gasteiger partial charge is 0.0535 e. The SMILES string of the molecule is CN(C)CCC[Si](C)(C)CCC[Si](C)(CCC[Si](C)(C)CCCN(C)C)CCC[Si](CCC[Si](C)(CCC[Si](C)(C)CCCN(C)C)CCC[Si](C)(C)CCCN(C)C)(CCC[Si](C)(CCC[Si](C)(C)CCCN(C)C)CCC[Si](C)(C)CCCN(C)C)CCC[Si](C)(CCC[Si](C)(C)CCCN(C)C)CCC[Si](C)(C)CCCN(C)C. The highest BCUT2D eigenvalue weighted by molar-refractivity contribution is 6.85. The molecule has 0 radical (unpaired) electrons. The first kappa shape index (κ1) is 119. The maximum Gasteiger partial charge on any atom is 0.0535 e. The molecule has 0 unspecified atom stereocenters. The molecule has 8 nitrogen and oxygen atoms in total. The lowest BCUT2D eigenvalue weighted by Crippen LogP contribution is -2.39. The molecular formula is C96H228N8Si13. The molecule has 0 N–H and O–H groups in total. The Balaban J connectivity index is 8.87. The molecule has 0 aromatic rings. The van der Waals surface area contributed by atoms with Gasteiger partial charge in [-0.25, -0.2) is 0 Å². The molecule has 704 valence electrons. The molecule has 0 amide bonds. The molecule has 0 aliphatic heterocycles. The minimum Gasteiger partial charge on any atom is -0.309 e. The first-order chi connectivity index (χ1) is 53.8. The van der Waals surface area contributed by atoms with E-state index in [9.17, 15) is 0 Å². The molecule has 21 heteroatoms. The zero-order valence-electron chi connectivity index (χ0n) is 88.5. The third kappa shape index (κ3) is 67.4. The lowest BCUT2D eigenvalue weighted by atomic mass is 10.4. The average molecular weight is 1860 g/mol. The molecule has 0 bridgehead atoms. The summed E-state index contributed by atoms with van der Waals surface area (Å²) in [5.74, 6) is 0. The average Bonchev–Trinajstić information content (AvgIpc) is 0.833. The molecule has 0 saturated carbocycles. The van der Waals surface area contributed by atoms with Crippen LogP contribution in [0.2, 0.25) is 324 Å². The van der Waals surface area contributed by atoms with Gasteiger partial charge >= 0.3 is 0 Å².